The average molecular weight is 265 g/mol. The number of hydrogen-bond acceptors (Lipinski definition) is 1. The van der Waals surface area contributed by atoms with Gasteiger partial charge in [0, 0.05) is 0 Å². The third-order valence-electron chi connectivity index (χ3n) is 3.49. The van der Waals surface area contributed by atoms with Crippen molar-refractivity contribution < 1.29 is 4.39 Å². The first-order valence-corrected chi connectivity index (χ1v) is 7.47. The molecule has 0 saturated carbocycles. The fraction of sp³-hybridized carbons (Fsp3) is 0.647. The molecule has 108 valence electrons. The van der Waals surface area contributed by atoms with Gasteiger partial charge in [-0.1, -0.05) is 20.3 Å². The number of nitrogens with one attached hydrogen (secondary N) is 1. The van der Waals surface area contributed by atoms with Crippen LogP contribution < -0.4 is 5.32 Å². The van der Waals surface area contributed by atoms with Gasteiger partial charge in [-0.15, -0.1) is 0 Å². The molecule has 0 fully saturated rings. The smallest absolute Gasteiger partial charge is 0.123 e. The molecule has 19 heavy (non-hydrogen) atoms. The number of unbranched alkanes of at least 4 members (excludes halogenated alkanes) is 2. The van der Waals surface area contributed by atoms with Crippen LogP contribution in [0.3, 0.4) is 0 Å². The van der Waals surface area contributed by atoms with E-state index in [-0.39, 0.29) is 5.82 Å². The second-order valence-corrected chi connectivity index (χ2v) is 5.93. The summed E-state index contributed by atoms with van der Waals surface area (Å²) in [5.74, 6) is 0.612. The van der Waals surface area contributed by atoms with Gasteiger partial charge in [0.2, 0.25) is 0 Å². The Morgan fingerprint density at radius 3 is 2.26 bits per heavy atom. The monoisotopic (exact) mass is 265 g/mol. The van der Waals surface area contributed by atoms with Crippen LogP contribution in [0.4, 0.5) is 4.39 Å². The van der Waals surface area contributed by atoms with E-state index in [1.807, 2.05) is 13.8 Å². The zero-order valence-electron chi connectivity index (χ0n) is 12.9. The molecule has 0 bridgehead atoms. The van der Waals surface area contributed by atoms with Crippen LogP contribution in [0.15, 0.2) is 12.1 Å². The average Bonchev–Trinajstić information content (AvgIpc) is 2.30. The first-order chi connectivity index (χ1) is 9.00. The fourth-order valence-electron chi connectivity index (χ4n) is 2.45. The Bertz CT molecular complexity index is 362. The molecule has 0 amide bonds. The maximum atomic E-state index is 13.2. The number of rotatable bonds is 8. The van der Waals surface area contributed by atoms with Crippen LogP contribution in [0.2, 0.25) is 0 Å². The topological polar surface area (TPSA) is 12.0 Å². The van der Waals surface area contributed by atoms with Crippen LogP contribution >= 0.6 is 0 Å². The zero-order valence-corrected chi connectivity index (χ0v) is 12.9. The van der Waals surface area contributed by atoms with Gasteiger partial charge in [0.15, 0.2) is 0 Å². The Labute approximate surface area is 117 Å². The molecule has 2 heteroatoms. The van der Waals surface area contributed by atoms with Crippen molar-refractivity contribution in [2.45, 2.75) is 53.4 Å². The van der Waals surface area contributed by atoms with E-state index in [4.69, 9.17) is 0 Å². The van der Waals surface area contributed by atoms with E-state index in [1.165, 1.54) is 24.8 Å². The summed E-state index contributed by atoms with van der Waals surface area (Å²) < 4.78 is 13.2. The minimum Gasteiger partial charge on any atom is -0.316 e. The van der Waals surface area contributed by atoms with Crippen molar-refractivity contribution in [2.24, 2.45) is 5.92 Å². The summed E-state index contributed by atoms with van der Waals surface area (Å²) in [6.07, 6.45) is 4.73. The molecule has 0 saturated heterocycles. The number of aryl methyl sites for hydroxylation is 2. The van der Waals surface area contributed by atoms with Gasteiger partial charge in [0.25, 0.3) is 0 Å². The normalized spacial score (nSPS) is 11.3. The molecule has 1 aromatic rings. The first kappa shape index (κ1) is 16.2. The minimum atomic E-state index is -0.114. The number of halogens is 1. The van der Waals surface area contributed by atoms with E-state index in [1.54, 1.807) is 12.1 Å². The highest BCUT2D eigenvalue weighted by Crippen LogP contribution is 2.18. The van der Waals surface area contributed by atoms with E-state index in [0.29, 0.717) is 0 Å². The number of hydrogen-bond donors (Lipinski definition) is 1. The standard InChI is InChI=1S/C17H28FN/c1-13(2)12-19-9-7-5-6-8-17-14(3)10-16(18)11-15(17)4/h10-11,13,19H,5-9,12H2,1-4H3. The molecule has 0 aliphatic heterocycles. The Kier molecular flexibility index (Phi) is 7.07. The van der Waals surface area contributed by atoms with Crippen molar-refractivity contribution in [1.29, 1.82) is 0 Å². The van der Waals surface area contributed by atoms with Gasteiger partial charge in [-0.25, -0.2) is 4.39 Å². The lowest BCUT2D eigenvalue weighted by Crippen LogP contribution is -2.20. The quantitative estimate of drug-likeness (QED) is 0.687. The van der Waals surface area contributed by atoms with E-state index >= 15 is 0 Å². The van der Waals surface area contributed by atoms with Crippen molar-refractivity contribution >= 4 is 0 Å². The van der Waals surface area contributed by atoms with E-state index in [0.717, 1.165) is 36.6 Å². The Hall–Kier alpha value is -0.890. The maximum Gasteiger partial charge on any atom is 0.123 e. The minimum absolute atomic E-state index is 0.114. The lowest BCUT2D eigenvalue weighted by atomic mass is 9.97. The summed E-state index contributed by atoms with van der Waals surface area (Å²) in [5.41, 5.74) is 3.52. The van der Waals surface area contributed by atoms with Crippen molar-refractivity contribution in [2.75, 3.05) is 13.1 Å². The molecule has 1 rings (SSSR count). The van der Waals surface area contributed by atoms with Crippen molar-refractivity contribution in [3.63, 3.8) is 0 Å². The lowest BCUT2D eigenvalue weighted by Gasteiger charge is -2.10. The van der Waals surface area contributed by atoms with Crippen molar-refractivity contribution in [3.05, 3.63) is 34.6 Å². The summed E-state index contributed by atoms with van der Waals surface area (Å²) in [7, 11) is 0. The van der Waals surface area contributed by atoms with E-state index in [9.17, 15) is 4.39 Å². The summed E-state index contributed by atoms with van der Waals surface area (Å²) in [4.78, 5) is 0. The van der Waals surface area contributed by atoms with Gasteiger partial charge in [-0.3, -0.25) is 0 Å². The van der Waals surface area contributed by atoms with Crippen LogP contribution in [-0.2, 0) is 6.42 Å². The van der Waals surface area contributed by atoms with Gasteiger partial charge in [-0.2, -0.15) is 0 Å². The molecular weight excluding hydrogens is 237 g/mol. The molecular formula is C17H28FN. The zero-order chi connectivity index (χ0) is 14.3. The molecule has 0 atom stereocenters. The molecule has 1 aromatic carbocycles. The van der Waals surface area contributed by atoms with Crippen LogP contribution in [0.25, 0.3) is 0 Å². The van der Waals surface area contributed by atoms with Crippen molar-refractivity contribution in [3.8, 4) is 0 Å². The second kappa shape index (κ2) is 8.31. The highest BCUT2D eigenvalue weighted by molar-refractivity contribution is 5.34. The third kappa shape index (κ3) is 6.20. The summed E-state index contributed by atoms with van der Waals surface area (Å²) in [6.45, 7) is 10.7. The first-order valence-electron chi connectivity index (χ1n) is 7.47. The molecule has 0 heterocycles. The van der Waals surface area contributed by atoms with Gasteiger partial charge in [0.05, 0.1) is 0 Å². The van der Waals surface area contributed by atoms with Gasteiger partial charge >= 0.3 is 0 Å². The SMILES string of the molecule is Cc1cc(F)cc(C)c1CCCCCNCC(C)C. The number of benzene rings is 1. The summed E-state index contributed by atoms with van der Waals surface area (Å²) in [6, 6.07) is 3.29. The molecule has 0 aliphatic rings. The molecule has 0 aliphatic carbocycles. The third-order valence-corrected chi connectivity index (χ3v) is 3.49. The lowest BCUT2D eigenvalue weighted by molar-refractivity contribution is 0.530. The molecule has 0 aromatic heterocycles. The van der Waals surface area contributed by atoms with Crippen molar-refractivity contribution in [1.82, 2.24) is 5.32 Å². The van der Waals surface area contributed by atoms with E-state index < -0.39 is 0 Å². The summed E-state index contributed by atoms with van der Waals surface area (Å²) >= 11 is 0. The van der Waals surface area contributed by atoms with Crippen LogP contribution in [0.1, 0.15) is 49.8 Å². The highest BCUT2D eigenvalue weighted by atomic mass is 19.1. The summed E-state index contributed by atoms with van der Waals surface area (Å²) in [5, 5.41) is 3.46. The van der Waals surface area contributed by atoms with Crippen LogP contribution in [0, 0.1) is 25.6 Å². The van der Waals surface area contributed by atoms with Crippen LogP contribution in [0.5, 0.6) is 0 Å². The van der Waals surface area contributed by atoms with Gasteiger partial charge in [-0.05, 0) is 80.9 Å². The molecule has 1 N–H and O–H groups in total. The van der Waals surface area contributed by atoms with Crippen LogP contribution in [-0.4, -0.2) is 13.1 Å². The molecule has 0 unspecified atom stereocenters. The van der Waals surface area contributed by atoms with E-state index in [2.05, 4.69) is 19.2 Å². The fourth-order valence-corrected chi connectivity index (χ4v) is 2.45. The Morgan fingerprint density at radius 1 is 1.05 bits per heavy atom. The Balaban J connectivity index is 2.23. The second-order valence-electron chi connectivity index (χ2n) is 5.93. The largest absolute Gasteiger partial charge is 0.316 e. The highest BCUT2D eigenvalue weighted by Gasteiger charge is 2.04. The predicted octanol–water partition coefficient (Wildman–Crippen LogP) is 4.40. The predicted molar refractivity (Wildman–Crippen MR) is 81.1 cm³/mol. The van der Waals surface area contributed by atoms with Gasteiger partial charge in [0.1, 0.15) is 5.82 Å². The molecule has 0 spiro atoms. The Morgan fingerprint density at radius 2 is 1.68 bits per heavy atom. The molecule has 1 nitrogen and oxygen atoms in total. The van der Waals surface area contributed by atoms with Gasteiger partial charge < -0.3 is 5.32 Å². The maximum absolute atomic E-state index is 13.2. The molecule has 0 radical (unpaired) electrons.